The van der Waals surface area contributed by atoms with E-state index in [9.17, 15) is 9.59 Å². The minimum Gasteiger partial charge on any atom is -0.481 e. The minimum absolute atomic E-state index is 0.104. The number of nitrogens with one attached hydrogen (secondary N) is 2. The maximum absolute atomic E-state index is 11.5. The number of urea groups is 1. The number of thioether (sulfide) groups is 1. The van der Waals surface area contributed by atoms with Crippen molar-refractivity contribution in [2.75, 3.05) is 18.1 Å². The van der Waals surface area contributed by atoms with Gasteiger partial charge < -0.3 is 15.7 Å². The van der Waals surface area contributed by atoms with E-state index in [2.05, 4.69) is 10.6 Å². The van der Waals surface area contributed by atoms with Gasteiger partial charge in [0.25, 0.3) is 0 Å². The van der Waals surface area contributed by atoms with Crippen LogP contribution in [0.4, 0.5) is 4.79 Å². The van der Waals surface area contributed by atoms with Crippen molar-refractivity contribution in [2.24, 2.45) is 5.92 Å². The Labute approximate surface area is 112 Å². The fraction of sp³-hybridized carbons (Fsp3) is 0.833. The third kappa shape index (κ3) is 6.74. The highest BCUT2D eigenvalue weighted by atomic mass is 32.2. The topological polar surface area (TPSA) is 78.4 Å². The Kier molecular flexibility index (Phi) is 6.93. The van der Waals surface area contributed by atoms with E-state index in [1.54, 1.807) is 0 Å². The van der Waals surface area contributed by atoms with Crippen molar-refractivity contribution in [3.05, 3.63) is 0 Å². The number of carboxylic acids is 1. The Morgan fingerprint density at radius 2 is 2.22 bits per heavy atom. The highest BCUT2D eigenvalue weighted by Crippen LogP contribution is 2.16. The van der Waals surface area contributed by atoms with Gasteiger partial charge in [0.15, 0.2) is 0 Å². The van der Waals surface area contributed by atoms with Gasteiger partial charge in [-0.3, -0.25) is 4.79 Å². The Hall–Kier alpha value is -0.910. The van der Waals surface area contributed by atoms with Crippen LogP contribution < -0.4 is 10.6 Å². The van der Waals surface area contributed by atoms with Gasteiger partial charge in [0.05, 0.1) is 0 Å². The molecule has 3 N–H and O–H groups in total. The molecule has 0 aromatic heterocycles. The summed E-state index contributed by atoms with van der Waals surface area (Å²) in [7, 11) is 0. The summed E-state index contributed by atoms with van der Waals surface area (Å²) in [6.45, 7) is 2.61. The Morgan fingerprint density at radius 3 is 2.83 bits per heavy atom. The highest BCUT2D eigenvalue weighted by Gasteiger charge is 2.17. The summed E-state index contributed by atoms with van der Waals surface area (Å²) in [4.78, 5) is 21.9. The van der Waals surface area contributed by atoms with Crippen molar-refractivity contribution < 1.29 is 14.7 Å². The molecule has 1 aliphatic heterocycles. The number of hydrogen-bond donors (Lipinski definition) is 3. The Bertz CT molecular complexity index is 280. The lowest BCUT2D eigenvalue weighted by atomic mass is 10.0. The van der Waals surface area contributed by atoms with Crippen LogP contribution in [0.5, 0.6) is 0 Å². The van der Waals surface area contributed by atoms with Gasteiger partial charge in [0.2, 0.25) is 0 Å². The SMILES string of the molecule is CC(CCNC(=O)NC1CCSC1)CCC(=O)O. The number of aliphatic carboxylic acids is 1. The summed E-state index contributed by atoms with van der Waals surface area (Å²) in [6.07, 6.45) is 2.73. The lowest BCUT2D eigenvalue weighted by molar-refractivity contribution is -0.137. The van der Waals surface area contributed by atoms with Gasteiger partial charge >= 0.3 is 12.0 Å². The molecule has 0 aromatic carbocycles. The molecule has 1 heterocycles. The van der Waals surface area contributed by atoms with Gasteiger partial charge in [-0.25, -0.2) is 4.79 Å². The molecule has 2 atom stereocenters. The average Bonchev–Trinajstić information content (AvgIpc) is 2.79. The normalized spacial score (nSPS) is 20.4. The predicted octanol–water partition coefficient (Wildman–Crippen LogP) is 1.68. The van der Waals surface area contributed by atoms with E-state index in [1.807, 2.05) is 18.7 Å². The van der Waals surface area contributed by atoms with Gasteiger partial charge in [-0.05, 0) is 30.9 Å². The summed E-state index contributed by atoms with van der Waals surface area (Å²) < 4.78 is 0. The molecule has 5 nitrogen and oxygen atoms in total. The van der Waals surface area contributed by atoms with Crippen molar-refractivity contribution in [1.29, 1.82) is 0 Å². The van der Waals surface area contributed by atoms with Crippen LogP contribution in [0.3, 0.4) is 0 Å². The molecule has 1 fully saturated rings. The van der Waals surface area contributed by atoms with Crippen LogP contribution in [0.25, 0.3) is 0 Å². The number of carboxylic acid groups (broad SMARTS) is 1. The van der Waals surface area contributed by atoms with Gasteiger partial charge in [0.1, 0.15) is 0 Å². The summed E-state index contributed by atoms with van der Waals surface area (Å²) in [5.74, 6) is 1.69. The lowest BCUT2D eigenvalue weighted by Gasteiger charge is -2.14. The van der Waals surface area contributed by atoms with E-state index < -0.39 is 5.97 Å². The number of carbonyl (C=O) groups is 2. The second-order valence-electron chi connectivity index (χ2n) is 4.79. The zero-order chi connectivity index (χ0) is 13.4. The molecule has 0 aliphatic carbocycles. The number of amides is 2. The van der Waals surface area contributed by atoms with Crippen molar-refractivity contribution >= 4 is 23.8 Å². The highest BCUT2D eigenvalue weighted by molar-refractivity contribution is 7.99. The van der Waals surface area contributed by atoms with Crippen LogP contribution >= 0.6 is 11.8 Å². The van der Waals surface area contributed by atoms with Crippen LogP contribution in [0, 0.1) is 5.92 Å². The molecule has 2 unspecified atom stereocenters. The molecule has 0 radical (unpaired) electrons. The molecule has 1 rings (SSSR count). The fourth-order valence-electron chi connectivity index (χ4n) is 1.83. The number of hydrogen-bond acceptors (Lipinski definition) is 3. The first kappa shape index (κ1) is 15.1. The molecular weight excluding hydrogens is 252 g/mol. The molecule has 0 saturated carbocycles. The Morgan fingerprint density at radius 1 is 1.44 bits per heavy atom. The van der Waals surface area contributed by atoms with E-state index in [1.165, 1.54) is 0 Å². The molecule has 2 amide bonds. The fourth-order valence-corrected chi connectivity index (χ4v) is 2.98. The molecule has 1 aliphatic rings. The molecule has 6 heteroatoms. The van der Waals surface area contributed by atoms with E-state index in [0.717, 1.165) is 24.3 Å². The van der Waals surface area contributed by atoms with Crippen LogP contribution in [-0.2, 0) is 4.79 Å². The minimum atomic E-state index is -0.758. The summed E-state index contributed by atoms with van der Waals surface area (Å²) >= 11 is 1.86. The summed E-state index contributed by atoms with van der Waals surface area (Å²) in [5, 5.41) is 14.3. The van der Waals surface area contributed by atoms with Gasteiger partial charge in [-0.15, -0.1) is 0 Å². The molecule has 1 saturated heterocycles. The smallest absolute Gasteiger partial charge is 0.315 e. The largest absolute Gasteiger partial charge is 0.481 e. The van der Waals surface area contributed by atoms with E-state index in [4.69, 9.17) is 5.11 Å². The second kappa shape index (κ2) is 8.24. The van der Waals surface area contributed by atoms with E-state index in [0.29, 0.717) is 24.9 Å². The van der Waals surface area contributed by atoms with Crippen molar-refractivity contribution in [3.63, 3.8) is 0 Å². The van der Waals surface area contributed by atoms with Crippen LogP contribution in [0.2, 0.25) is 0 Å². The maximum Gasteiger partial charge on any atom is 0.315 e. The van der Waals surface area contributed by atoms with Gasteiger partial charge in [-0.1, -0.05) is 6.92 Å². The van der Waals surface area contributed by atoms with Crippen LogP contribution in [-0.4, -0.2) is 41.2 Å². The first-order valence-electron chi connectivity index (χ1n) is 6.42. The average molecular weight is 274 g/mol. The standard InChI is InChI=1S/C12H22N2O3S/c1-9(2-3-11(15)16)4-6-13-12(17)14-10-5-7-18-8-10/h9-10H,2-8H2,1H3,(H,15,16)(H2,13,14,17). The van der Waals surface area contributed by atoms with Gasteiger partial charge in [0, 0.05) is 24.8 Å². The first-order chi connectivity index (χ1) is 8.58. The van der Waals surface area contributed by atoms with Crippen LogP contribution in [0.1, 0.15) is 32.6 Å². The van der Waals surface area contributed by atoms with Crippen LogP contribution in [0.15, 0.2) is 0 Å². The molecule has 0 aromatic rings. The van der Waals surface area contributed by atoms with Crippen molar-refractivity contribution in [3.8, 4) is 0 Å². The molecule has 18 heavy (non-hydrogen) atoms. The number of rotatable bonds is 7. The zero-order valence-corrected chi connectivity index (χ0v) is 11.6. The third-order valence-corrected chi connectivity index (χ3v) is 4.20. The molecule has 0 bridgehead atoms. The third-order valence-electron chi connectivity index (χ3n) is 3.04. The van der Waals surface area contributed by atoms with Crippen molar-refractivity contribution in [2.45, 2.75) is 38.6 Å². The monoisotopic (exact) mass is 274 g/mol. The predicted molar refractivity (Wildman–Crippen MR) is 72.9 cm³/mol. The zero-order valence-electron chi connectivity index (χ0n) is 10.8. The maximum atomic E-state index is 11.5. The Balaban J connectivity index is 2.02. The van der Waals surface area contributed by atoms with E-state index in [-0.39, 0.29) is 12.5 Å². The molecule has 0 spiro atoms. The molecular formula is C12H22N2O3S. The van der Waals surface area contributed by atoms with Crippen molar-refractivity contribution in [1.82, 2.24) is 10.6 Å². The number of carbonyl (C=O) groups excluding carboxylic acids is 1. The summed E-state index contributed by atoms with van der Waals surface area (Å²) in [5.41, 5.74) is 0. The van der Waals surface area contributed by atoms with E-state index >= 15 is 0 Å². The van der Waals surface area contributed by atoms with Gasteiger partial charge in [-0.2, -0.15) is 11.8 Å². The lowest BCUT2D eigenvalue weighted by Crippen LogP contribution is -2.42. The quantitative estimate of drug-likeness (QED) is 0.660. The summed E-state index contributed by atoms with van der Waals surface area (Å²) in [6, 6.07) is 0.201. The second-order valence-corrected chi connectivity index (χ2v) is 5.94. The first-order valence-corrected chi connectivity index (χ1v) is 7.57. The molecule has 104 valence electrons.